The van der Waals surface area contributed by atoms with Gasteiger partial charge in [0.2, 0.25) is 0 Å². The Hall–Kier alpha value is -3.08. The Balaban J connectivity index is 1.81. The summed E-state index contributed by atoms with van der Waals surface area (Å²) in [7, 11) is -2.59. The molecule has 0 atom stereocenters. The summed E-state index contributed by atoms with van der Waals surface area (Å²) >= 11 is 9.12. The molecular formula is C21H16BrClN2O6S. The summed E-state index contributed by atoms with van der Waals surface area (Å²) in [5, 5.41) is 12.2. The van der Waals surface area contributed by atoms with Gasteiger partial charge in [-0.3, -0.25) is 9.52 Å². The van der Waals surface area contributed by atoms with Gasteiger partial charge in [0.15, 0.2) is 0 Å². The van der Waals surface area contributed by atoms with Gasteiger partial charge in [0.05, 0.1) is 28.9 Å². The molecule has 0 spiro atoms. The Kier molecular flexibility index (Phi) is 7.07. The second-order valence-corrected chi connectivity index (χ2v) is 9.46. The van der Waals surface area contributed by atoms with E-state index in [0.717, 1.165) is 0 Å². The summed E-state index contributed by atoms with van der Waals surface area (Å²) in [6.45, 7) is 0. The van der Waals surface area contributed by atoms with E-state index in [4.69, 9.17) is 16.3 Å². The third kappa shape index (κ3) is 5.39. The fraction of sp³-hybridized carbons (Fsp3) is 0.0476. The fourth-order valence-corrected chi connectivity index (χ4v) is 4.34. The Morgan fingerprint density at radius 1 is 1.00 bits per heavy atom. The second-order valence-electron chi connectivity index (χ2n) is 6.42. The molecule has 8 nitrogen and oxygen atoms in total. The average Bonchev–Trinajstić information content (AvgIpc) is 2.75. The fourth-order valence-electron chi connectivity index (χ4n) is 2.75. The molecule has 0 fully saturated rings. The Labute approximate surface area is 197 Å². The lowest BCUT2D eigenvalue weighted by atomic mass is 10.1. The number of amides is 1. The molecule has 0 aliphatic rings. The summed E-state index contributed by atoms with van der Waals surface area (Å²) in [6, 6.07) is 14.1. The van der Waals surface area contributed by atoms with Gasteiger partial charge >= 0.3 is 5.97 Å². The number of rotatable bonds is 7. The van der Waals surface area contributed by atoms with Gasteiger partial charge in [0.25, 0.3) is 15.9 Å². The molecule has 0 saturated heterocycles. The third-order valence-electron chi connectivity index (χ3n) is 4.29. The van der Waals surface area contributed by atoms with Crippen LogP contribution in [0.25, 0.3) is 0 Å². The first-order valence-corrected chi connectivity index (χ1v) is 11.6. The van der Waals surface area contributed by atoms with E-state index >= 15 is 0 Å². The highest BCUT2D eigenvalue weighted by atomic mass is 79.9. The van der Waals surface area contributed by atoms with Crippen molar-refractivity contribution in [2.75, 3.05) is 17.1 Å². The van der Waals surface area contributed by atoms with Gasteiger partial charge in [-0.2, -0.15) is 0 Å². The number of sulfonamides is 1. The summed E-state index contributed by atoms with van der Waals surface area (Å²) in [5.41, 5.74) is 0.325. The first-order chi connectivity index (χ1) is 15.1. The van der Waals surface area contributed by atoms with Crippen LogP contribution in [0, 0.1) is 0 Å². The molecule has 166 valence electrons. The van der Waals surface area contributed by atoms with Gasteiger partial charge in [-0.15, -0.1) is 0 Å². The minimum Gasteiger partial charge on any atom is -0.495 e. The van der Waals surface area contributed by atoms with E-state index in [9.17, 15) is 23.1 Å². The maximum atomic E-state index is 12.7. The second kappa shape index (κ2) is 9.60. The predicted molar refractivity (Wildman–Crippen MR) is 124 cm³/mol. The minimum atomic E-state index is -3.99. The molecule has 0 unspecified atom stereocenters. The summed E-state index contributed by atoms with van der Waals surface area (Å²) in [4.78, 5) is 23.8. The summed E-state index contributed by atoms with van der Waals surface area (Å²) in [5.74, 6) is -1.51. The van der Waals surface area contributed by atoms with Gasteiger partial charge in [-0.1, -0.05) is 27.5 Å². The van der Waals surface area contributed by atoms with Crippen LogP contribution >= 0.6 is 27.5 Å². The topological polar surface area (TPSA) is 122 Å². The van der Waals surface area contributed by atoms with Crippen LogP contribution in [0.3, 0.4) is 0 Å². The number of carbonyl (C=O) groups is 2. The first kappa shape index (κ1) is 23.6. The summed E-state index contributed by atoms with van der Waals surface area (Å²) < 4.78 is 33.5. The Morgan fingerprint density at radius 3 is 2.31 bits per heavy atom. The maximum absolute atomic E-state index is 12.7. The Bertz CT molecular complexity index is 1300. The van der Waals surface area contributed by atoms with E-state index in [1.807, 2.05) is 0 Å². The van der Waals surface area contributed by atoms with Crippen LogP contribution in [0.15, 0.2) is 70.0 Å². The molecule has 1 amide bonds. The minimum absolute atomic E-state index is 0.0911. The molecular weight excluding hydrogens is 524 g/mol. The van der Waals surface area contributed by atoms with Crippen molar-refractivity contribution in [1.82, 2.24) is 0 Å². The number of benzene rings is 3. The van der Waals surface area contributed by atoms with Crippen molar-refractivity contribution < 1.29 is 27.9 Å². The third-order valence-corrected chi connectivity index (χ3v) is 6.40. The lowest BCUT2D eigenvalue weighted by Gasteiger charge is -2.13. The molecule has 0 aliphatic heterocycles. The zero-order valence-corrected chi connectivity index (χ0v) is 19.6. The number of anilines is 2. The Morgan fingerprint density at radius 2 is 1.69 bits per heavy atom. The van der Waals surface area contributed by atoms with E-state index in [1.54, 1.807) is 12.1 Å². The lowest BCUT2D eigenvalue weighted by molar-refractivity contribution is 0.0698. The van der Waals surface area contributed by atoms with E-state index < -0.39 is 21.9 Å². The molecule has 0 saturated carbocycles. The average molecular weight is 540 g/mol. The van der Waals surface area contributed by atoms with Crippen molar-refractivity contribution in [3.8, 4) is 5.75 Å². The predicted octanol–water partition coefficient (Wildman–Crippen LogP) is 4.86. The van der Waals surface area contributed by atoms with Gasteiger partial charge < -0.3 is 15.2 Å². The highest BCUT2D eigenvalue weighted by Crippen LogP contribution is 2.30. The van der Waals surface area contributed by atoms with Gasteiger partial charge in [-0.25, -0.2) is 13.2 Å². The van der Waals surface area contributed by atoms with E-state index in [2.05, 4.69) is 26.0 Å². The molecule has 0 aliphatic carbocycles. The molecule has 3 aromatic carbocycles. The lowest BCUT2D eigenvalue weighted by Crippen LogP contribution is -2.16. The van der Waals surface area contributed by atoms with Crippen LogP contribution in [0.2, 0.25) is 5.02 Å². The standard InChI is InChI=1S/C21H16BrClN2O6S/c1-31-19-9-5-14(23)11-18(19)25-32(29,30)15-6-2-12(3-7-15)20(26)24-17-8-4-13(22)10-16(17)21(27)28/h2-11,25H,1H3,(H,24,26)(H,27,28). The number of carboxylic acids is 1. The summed E-state index contributed by atoms with van der Waals surface area (Å²) in [6.07, 6.45) is 0. The molecule has 0 heterocycles. The van der Waals surface area contributed by atoms with Crippen LogP contribution in [0.4, 0.5) is 11.4 Å². The first-order valence-electron chi connectivity index (χ1n) is 8.91. The van der Waals surface area contributed by atoms with Gasteiger partial charge in [0, 0.05) is 15.1 Å². The van der Waals surface area contributed by atoms with Crippen LogP contribution in [-0.2, 0) is 10.0 Å². The van der Waals surface area contributed by atoms with E-state index in [0.29, 0.717) is 9.50 Å². The zero-order chi connectivity index (χ0) is 23.5. The smallest absolute Gasteiger partial charge is 0.337 e. The van der Waals surface area contributed by atoms with Crippen molar-refractivity contribution in [2.45, 2.75) is 4.90 Å². The zero-order valence-electron chi connectivity index (χ0n) is 16.4. The van der Waals surface area contributed by atoms with Crippen molar-refractivity contribution in [3.05, 3.63) is 81.3 Å². The van der Waals surface area contributed by atoms with Gasteiger partial charge in [-0.05, 0) is 60.7 Å². The van der Waals surface area contributed by atoms with Crippen LogP contribution < -0.4 is 14.8 Å². The number of halogens is 2. The number of hydrogen-bond donors (Lipinski definition) is 3. The number of hydrogen-bond acceptors (Lipinski definition) is 5. The normalized spacial score (nSPS) is 11.0. The highest BCUT2D eigenvalue weighted by molar-refractivity contribution is 9.10. The molecule has 3 aromatic rings. The molecule has 0 bridgehead atoms. The van der Waals surface area contributed by atoms with Crippen molar-refractivity contribution >= 4 is 60.8 Å². The number of methoxy groups -OCH3 is 1. The van der Waals surface area contributed by atoms with E-state index in [1.165, 1.54) is 55.6 Å². The molecule has 3 N–H and O–H groups in total. The van der Waals surface area contributed by atoms with Gasteiger partial charge in [0.1, 0.15) is 5.75 Å². The quantitative estimate of drug-likeness (QED) is 0.394. The number of ether oxygens (including phenoxy) is 1. The molecule has 0 radical (unpaired) electrons. The largest absolute Gasteiger partial charge is 0.495 e. The SMILES string of the molecule is COc1ccc(Cl)cc1NS(=O)(=O)c1ccc(C(=O)Nc2ccc(Br)cc2C(=O)O)cc1. The van der Waals surface area contributed by atoms with Crippen molar-refractivity contribution in [3.63, 3.8) is 0 Å². The number of carboxylic acid groups (broad SMARTS) is 1. The highest BCUT2D eigenvalue weighted by Gasteiger charge is 2.19. The van der Waals surface area contributed by atoms with Crippen LogP contribution in [-0.4, -0.2) is 32.5 Å². The van der Waals surface area contributed by atoms with Crippen LogP contribution in [0.5, 0.6) is 5.75 Å². The van der Waals surface area contributed by atoms with E-state index in [-0.39, 0.29) is 33.1 Å². The molecule has 11 heteroatoms. The van der Waals surface area contributed by atoms with Crippen LogP contribution in [0.1, 0.15) is 20.7 Å². The maximum Gasteiger partial charge on any atom is 0.337 e. The van der Waals surface area contributed by atoms with Crippen molar-refractivity contribution in [1.29, 1.82) is 0 Å². The number of nitrogens with one attached hydrogen (secondary N) is 2. The monoisotopic (exact) mass is 538 g/mol. The van der Waals surface area contributed by atoms with Crippen molar-refractivity contribution in [2.24, 2.45) is 0 Å². The molecule has 0 aromatic heterocycles. The number of carbonyl (C=O) groups excluding carboxylic acids is 1. The number of aromatic carboxylic acids is 1. The molecule has 3 rings (SSSR count). The molecule has 32 heavy (non-hydrogen) atoms.